The van der Waals surface area contributed by atoms with Crippen LogP contribution in [-0.4, -0.2) is 11.5 Å². The van der Waals surface area contributed by atoms with E-state index in [0.29, 0.717) is 18.8 Å². The van der Waals surface area contributed by atoms with Gasteiger partial charge < -0.3 is 10.5 Å². The smallest absolute Gasteiger partial charge is 0.140 e. The van der Waals surface area contributed by atoms with E-state index in [1.54, 1.807) is 12.3 Å². The third-order valence-electron chi connectivity index (χ3n) is 3.28. The summed E-state index contributed by atoms with van der Waals surface area (Å²) in [5.74, 6) is 0.895. The van der Waals surface area contributed by atoms with Gasteiger partial charge >= 0.3 is 0 Å². The molecule has 0 aliphatic heterocycles. The molecule has 21 heavy (non-hydrogen) atoms. The molecule has 108 valence electrons. The Hall–Kier alpha value is -2.38. The molecule has 0 atom stereocenters. The summed E-state index contributed by atoms with van der Waals surface area (Å²) in [6.07, 6.45) is 2.50. The number of pyridine rings is 1. The summed E-state index contributed by atoms with van der Waals surface area (Å²) in [5, 5.41) is 8.85. The molecule has 2 N–H and O–H groups in total. The number of benzene rings is 1. The Bertz CT molecular complexity index is 651. The van der Waals surface area contributed by atoms with Crippen molar-refractivity contribution >= 4 is 0 Å². The van der Waals surface area contributed by atoms with Crippen LogP contribution in [0.3, 0.4) is 0 Å². The summed E-state index contributed by atoms with van der Waals surface area (Å²) >= 11 is 0. The van der Waals surface area contributed by atoms with Gasteiger partial charge in [-0.05, 0) is 61.2 Å². The fraction of sp³-hybridized carbons (Fsp3) is 0.294. The Balaban J connectivity index is 2.14. The third kappa shape index (κ3) is 3.80. The Kier molecular flexibility index (Phi) is 4.91. The van der Waals surface area contributed by atoms with Crippen LogP contribution in [0.4, 0.5) is 0 Å². The zero-order chi connectivity index (χ0) is 15.2. The van der Waals surface area contributed by atoms with Gasteiger partial charge in [0.15, 0.2) is 0 Å². The summed E-state index contributed by atoms with van der Waals surface area (Å²) in [4.78, 5) is 3.95. The highest BCUT2D eigenvalue weighted by atomic mass is 16.5. The van der Waals surface area contributed by atoms with Crippen molar-refractivity contribution in [2.24, 2.45) is 5.73 Å². The zero-order valence-electron chi connectivity index (χ0n) is 12.4. The van der Waals surface area contributed by atoms with Crippen LogP contribution in [0.1, 0.15) is 27.9 Å². The molecule has 0 saturated heterocycles. The highest BCUT2D eigenvalue weighted by molar-refractivity contribution is 5.43. The first kappa shape index (κ1) is 15.0. The number of hydrogen-bond acceptors (Lipinski definition) is 4. The topological polar surface area (TPSA) is 71.9 Å². The van der Waals surface area contributed by atoms with Crippen molar-refractivity contribution in [1.82, 2.24) is 4.98 Å². The van der Waals surface area contributed by atoms with Gasteiger partial charge in [-0.2, -0.15) is 5.26 Å². The average Bonchev–Trinajstić information content (AvgIpc) is 2.47. The van der Waals surface area contributed by atoms with Crippen molar-refractivity contribution < 1.29 is 4.74 Å². The Morgan fingerprint density at radius 1 is 1.19 bits per heavy atom. The second-order valence-electron chi connectivity index (χ2n) is 5.05. The lowest BCUT2D eigenvalue weighted by Gasteiger charge is -2.14. The third-order valence-corrected chi connectivity index (χ3v) is 3.28. The lowest BCUT2D eigenvalue weighted by Crippen LogP contribution is -2.05. The highest BCUT2D eigenvalue weighted by Gasteiger charge is 2.07. The van der Waals surface area contributed by atoms with Crippen LogP contribution in [0.15, 0.2) is 30.5 Å². The molecule has 0 aliphatic carbocycles. The molecule has 1 heterocycles. The van der Waals surface area contributed by atoms with E-state index in [9.17, 15) is 0 Å². The minimum Gasteiger partial charge on any atom is -0.488 e. The molecule has 1 aromatic heterocycles. The molecule has 2 rings (SSSR count). The van der Waals surface area contributed by atoms with E-state index in [-0.39, 0.29) is 0 Å². The van der Waals surface area contributed by atoms with Gasteiger partial charge in [-0.25, -0.2) is 4.98 Å². The summed E-state index contributed by atoms with van der Waals surface area (Å²) < 4.78 is 5.92. The second kappa shape index (κ2) is 6.87. The summed E-state index contributed by atoms with van der Waals surface area (Å²) in [7, 11) is 0. The fourth-order valence-electron chi connectivity index (χ4n) is 2.36. The van der Waals surface area contributed by atoms with E-state index in [1.165, 1.54) is 5.56 Å². The molecule has 4 heteroatoms. The molecule has 0 saturated carbocycles. The van der Waals surface area contributed by atoms with Crippen LogP contribution >= 0.6 is 0 Å². The van der Waals surface area contributed by atoms with E-state index >= 15 is 0 Å². The Morgan fingerprint density at radius 3 is 2.52 bits per heavy atom. The van der Waals surface area contributed by atoms with E-state index < -0.39 is 0 Å². The monoisotopic (exact) mass is 281 g/mol. The van der Waals surface area contributed by atoms with E-state index in [0.717, 1.165) is 28.9 Å². The standard InChI is InChI=1S/C17H19N3O/c1-12-7-14(3-5-18)8-13(2)17(12)21-11-15-4-6-20-16(9-15)10-19/h4,6-9H,3,5,11,18H2,1-2H3. The normalized spacial score (nSPS) is 10.2. The van der Waals surface area contributed by atoms with Gasteiger partial charge in [0.25, 0.3) is 0 Å². The predicted octanol–water partition coefficient (Wildman–Crippen LogP) is 2.65. The van der Waals surface area contributed by atoms with Crippen molar-refractivity contribution in [1.29, 1.82) is 5.26 Å². The van der Waals surface area contributed by atoms with Crippen LogP contribution in [0, 0.1) is 25.2 Å². The van der Waals surface area contributed by atoms with Crippen molar-refractivity contribution in [3.63, 3.8) is 0 Å². The zero-order valence-corrected chi connectivity index (χ0v) is 12.4. The van der Waals surface area contributed by atoms with Gasteiger partial charge in [0, 0.05) is 6.20 Å². The predicted molar refractivity (Wildman–Crippen MR) is 82.0 cm³/mol. The van der Waals surface area contributed by atoms with E-state index in [1.807, 2.05) is 26.0 Å². The average molecular weight is 281 g/mol. The van der Waals surface area contributed by atoms with Crippen molar-refractivity contribution in [2.45, 2.75) is 26.9 Å². The van der Waals surface area contributed by atoms with Gasteiger partial charge in [0.2, 0.25) is 0 Å². The van der Waals surface area contributed by atoms with Crippen LogP contribution < -0.4 is 10.5 Å². The quantitative estimate of drug-likeness (QED) is 0.914. The number of nitriles is 1. The van der Waals surface area contributed by atoms with Crippen molar-refractivity contribution in [3.05, 3.63) is 58.4 Å². The Morgan fingerprint density at radius 2 is 1.90 bits per heavy atom. The maximum Gasteiger partial charge on any atom is 0.140 e. The van der Waals surface area contributed by atoms with Gasteiger partial charge in [0.1, 0.15) is 24.1 Å². The number of nitrogens with two attached hydrogens (primary N) is 1. The molecule has 1 aromatic carbocycles. The van der Waals surface area contributed by atoms with Crippen molar-refractivity contribution in [3.8, 4) is 11.8 Å². The lowest BCUT2D eigenvalue weighted by molar-refractivity contribution is 0.301. The molecule has 0 bridgehead atoms. The van der Waals surface area contributed by atoms with Crippen molar-refractivity contribution in [2.75, 3.05) is 6.54 Å². The molecule has 0 spiro atoms. The van der Waals surface area contributed by atoms with Crippen LogP contribution in [0.5, 0.6) is 5.75 Å². The molecule has 0 unspecified atom stereocenters. The number of aryl methyl sites for hydroxylation is 2. The fourth-order valence-corrected chi connectivity index (χ4v) is 2.36. The number of ether oxygens (including phenoxy) is 1. The molecule has 0 aliphatic rings. The largest absolute Gasteiger partial charge is 0.488 e. The molecule has 0 fully saturated rings. The van der Waals surface area contributed by atoms with E-state index in [4.69, 9.17) is 15.7 Å². The van der Waals surface area contributed by atoms with Crippen LogP contribution in [-0.2, 0) is 13.0 Å². The second-order valence-corrected chi connectivity index (χ2v) is 5.05. The lowest BCUT2D eigenvalue weighted by atomic mass is 10.0. The minimum absolute atomic E-state index is 0.405. The molecule has 0 radical (unpaired) electrons. The highest BCUT2D eigenvalue weighted by Crippen LogP contribution is 2.26. The molecular formula is C17H19N3O. The molecule has 0 amide bonds. The first-order valence-corrected chi connectivity index (χ1v) is 6.92. The van der Waals surface area contributed by atoms with Gasteiger partial charge in [-0.15, -0.1) is 0 Å². The first-order chi connectivity index (χ1) is 10.1. The molecule has 2 aromatic rings. The first-order valence-electron chi connectivity index (χ1n) is 6.92. The maximum atomic E-state index is 8.85. The summed E-state index contributed by atoms with van der Waals surface area (Å²) in [6, 6.07) is 9.86. The maximum absolute atomic E-state index is 8.85. The summed E-state index contributed by atoms with van der Waals surface area (Å²) in [6.45, 7) is 5.15. The number of hydrogen-bond donors (Lipinski definition) is 1. The molecular weight excluding hydrogens is 262 g/mol. The SMILES string of the molecule is Cc1cc(CCN)cc(C)c1OCc1ccnc(C#N)c1. The number of rotatable bonds is 5. The summed E-state index contributed by atoms with van der Waals surface area (Å²) in [5.41, 5.74) is 10.4. The van der Waals surface area contributed by atoms with E-state index in [2.05, 4.69) is 17.1 Å². The number of nitrogens with zero attached hydrogens (tertiary/aromatic N) is 2. The number of aromatic nitrogens is 1. The molecule has 4 nitrogen and oxygen atoms in total. The van der Waals surface area contributed by atoms with Gasteiger partial charge in [-0.1, -0.05) is 12.1 Å². The minimum atomic E-state index is 0.405. The Labute approximate surface area is 125 Å². The van der Waals surface area contributed by atoms with Crippen LogP contribution in [0.2, 0.25) is 0 Å². The van der Waals surface area contributed by atoms with Gasteiger partial charge in [-0.3, -0.25) is 0 Å². The van der Waals surface area contributed by atoms with Crippen LogP contribution in [0.25, 0.3) is 0 Å². The van der Waals surface area contributed by atoms with Gasteiger partial charge in [0.05, 0.1) is 0 Å².